The van der Waals surface area contributed by atoms with Crippen LogP contribution in [0, 0.1) is 16.7 Å². The maximum atomic E-state index is 6.19. The zero-order chi connectivity index (χ0) is 13.0. The van der Waals surface area contributed by atoms with E-state index in [0.717, 1.165) is 10.8 Å². The molecule has 2 N–H and O–H groups in total. The van der Waals surface area contributed by atoms with Crippen LogP contribution in [-0.4, -0.2) is 11.1 Å². The molecule has 4 heteroatoms. The summed E-state index contributed by atoms with van der Waals surface area (Å²) in [5.41, 5.74) is 6.41. The van der Waals surface area contributed by atoms with E-state index in [0.29, 0.717) is 28.7 Å². The van der Waals surface area contributed by atoms with Gasteiger partial charge in [-0.3, -0.25) is 0 Å². The fraction of sp³-hybridized carbons (Fsp3) is 0.786. The number of hydrogen-bond acceptors (Lipinski definition) is 4. The third-order valence-corrected chi connectivity index (χ3v) is 6.51. The lowest BCUT2D eigenvalue weighted by atomic mass is 9.70. The summed E-state index contributed by atoms with van der Waals surface area (Å²) in [4.78, 5) is 5.21. The molecule has 2 aliphatic rings. The van der Waals surface area contributed by atoms with Crippen LogP contribution in [0.1, 0.15) is 44.9 Å². The summed E-state index contributed by atoms with van der Waals surface area (Å²) in [5, 5.41) is 0.632. The van der Waals surface area contributed by atoms with E-state index in [4.69, 9.17) is 10.5 Å². The smallest absolute Gasteiger partial charge is 0.180 e. The molecule has 3 unspecified atom stereocenters. The highest BCUT2D eigenvalue weighted by Crippen LogP contribution is 2.66. The van der Waals surface area contributed by atoms with Crippen LogP contribution in [0.25, 0.3) is 0 Å². The third kappa shape index (κ3) is 1.62. The van der Waals surface area contributed by atoms with Crippen LogP contribution in [0.15, 0.2) is 6.20 Å². The number of nitrogens with zero attached hydrogens (tertiary/aromatic N) is 1. The van der Waals surface area contributed by atoms with Crippen LogP contribution in [0.2, 0.25) is 0 Å². The molecule has 0 aromatic carbocycles. The van der Waals surface area contributed by atoms with Gasteiger partial charge in [-0.2, -0.15) is 0 Å². The van der Waals surface area contributed by atoms with E-state index in [2.05, 4.69) is 25.8 Å². The largest absolute Gasteiger partial charge is 0.375 e. The van der Waals surface area contributed by atoms with Gasteiger partial charge >= 0.3 is 0 Å². The Morgan fingerprint density at radius 1 is 1.50 bits per heavy atom. The molecular weight excluding hydrogens is 244 g/mol. The fourth-order valence-electron chi connectivity index (χ4n) is 3.95. The standard InChI is InChI=1S/C14H22N2OS/c1-13(2)9-4-5-14(13,3)11(6-9)17-8-10-7-16-12(15)18-10/h7,9,11H,4-6,8H2,1-3H3,(H2,15,16). The van der Waals surface area contributed by atoms with Crippen LogP contribution >= 0.6 is 11.3 Å². The van der Waals surface area contributed by atoms with Crippen molar-refractivity contribution in [3.8, 4) is 0 Å². The second kappa shape index (κ2) is 3.94. The molecule has 3 nitrogen and oxygen atoms in total. The van der Waals surface area contributed by atoms with Gasteiger partial charge in [0.05, 0.1) is 17.6 Å². The molecule has 1 aromatic heterocycles. The number of nitrogen functional groups attached to an aromatic ring is 1. The van der Waals surface area contributed by atoms with E-state index in [1.54, 1.807) is 0 Å². The van der Waals surface area contributed by atoms with Gasteiger partial charge in [-0.05, 0) is 36.0 Å². The minimum atomic E-state index is 0.341. The van der Waals surface area contributed by atoms with Crippen LogP contribution < -0.4 is 5.73 Å². The zero-order valence-electron chi connectivity index (χ0n) is 11.4. The zero-order valence-corrected chi connectivity index (χ0v) is 12.2. The first kappa shape index (κ1) is 12.4. The Morgan fingerprint density at radius 2 is 2.28 bits per heavy atom. The van der Waals surface area contributed by atoms with E-state index >= 15 is 0 Å². The van der Waals surface area contributed by atoms with E-state index in [1.807, 2.05) is 6.20 Å². The minimum absolute atomic E-state index is 0.341. The Balaban J connectivity index is 1.69. The van der Waals surface area contributed by atoms with E-state index in [1.165, 1.54) is 30.6 Å². The minimum Gasteiger partial charge on any atom is -0.375 e. The molecule has 0 amide bonds. The molecule has 1 aromatic rings. The number of thiazole rings is 1. The predicted octanol–water partition coefficient (Wildman–Crippen LogP) is 3.46. The van der Waals surface area contributed by atoms with Crippen molar-refractivity contribution in [1.82, 2.24) is 4.98 Å². The molecule has 0 saturated heterocycles. The Bertz CT molecular complexity index is 456. The molecule has 2 fully saturated rings. The topological polar surface area (TPSA) is 48.1 Å². The van der Waals surface area contributed by atoms with Crippen molar-refractivity contribution in [3.63, 3.8) is 0 Å². The summed E-state index contributed by atoms with van der Waals surface area (Å²) in [6, 6.07) is 0. The van der Waals surface area contributed by atoms with Crippen molar-refractivity contribution in [3.05, 3.63) is 11.1 Å². The highest BCUT2D eigenvalue weighted by molar-refractivity contribution is 7.15. The lowest BCUT2D eigenvalue weighted by Gasteiger charge is -2.38. The number of fused-ring (bicyclic) bond motifs is 2. The van der Waals surface area contributed by atoms with Crippen molar-refractivity contribution < 1.29 is 4.74 Å². The first-order valence-electron chi connectivity index (χ1n) is 6.75. The summed E-state index contributed by atoms with van der Waals surface area (Å²) in [6.07, 6.45) is 6.13. The average Bonchev–Trinajstić information content (AvgIpc) is 2.87. The van der Waals surface area contributed by atoms with E-state index < -0.39 is 0 Å². The first-order valence-corrected chi connectivity index (χ1v) is 7.57. The molecule has 0 radical (unpaired) electrons. The SMILES string of the molecule is CC1(C)C2CCC1(C)C(OCc1cnc(N)s1)C2. The van der Waals surface area contributed by atoms with Gasteiger partial charge in [-0.1, -0.05) is 32.1 Å². The normalized spacial score (nSPS) is 37.3. The second-order valence-electron chi connectivity index (χ2n) is 6.57. The number of ether oxygens (including phenoxy) is 1. The third-order valence-electron chi connectivity index (χ3n) is 5.71. The van der Waals surface area contributed by atoms with Crippen molar-refractivity contribution in [2.24, 2.45) is 16.7 Å². The molecule has 2 bridgehead atoms. The maximum absolute atomic E-state index is 6.19. The Kier molecular flexibility index (Phi) is 2.72. The van der Waals surface area contributed by atoms with E-state index in [9.17, 15) is 0 Å². The molecule has 3 atom stereocenters. The van der Waals surface area contributed by atoms with Gasteiger partial charge in [0, 0.05) is 6.20 Å². The molecule has 0 aliphatic heterocycles. The number of anilines is 1. The van der Waals surface area contributed by atoms with Crippen LogP contribution in [0.4, 0.5) is 5.13 Å². The number of aromatic nitrogens is 1. The quantitative estimate of drug-likeness (QED) is 0.911. The maximum Gasteiger partial charge on any atom is 0.180 e. The highest BCUT2D eigenvalue weighted by atomic mass is 32.1. The molecule has 2 saturated carbocycles. The molecule has 0 spiro atoms. The lowest BCUT2D eigenvalue weighted by Crippen LogP contribution is -2.37. The van der Waals surface area contributed by atoms with Gasteiger partial charge in [0.2, 0.25) is 0 Å². The highest BCUT2D eigenvalue weighted by Gasteiger charge is 2.61. The summed E-state index contributed by atoms with van der Waals surface area (Å²) in [5.74, 6) is 0.832. The monoisotopic (exact) mass is 266 g/mol. The van der Waals surface area contributed by atoms with Gasteiger partial charge in [0.15, 0.2) is 5.13 Å². The second-order valence-corrected chi connectivity index (χ2v) is 7.72. The van der Waals surface area contributed by atoms with Gasteiger partial charge in [-0.25, -0.2) is 4.98 Å². The molecule has 3 rings (SSSR count). The Labute approximate surface area is 113 Å². The van der Waals surface area contributed by atoms with Crippen LogP contribution in [0.3, 0.4) is 0 Å². The summed E-state index contributed by atoms with van der Waals surface area (Å²) in [6.45, 7) is 7.90. The molecular formula is C14H22N2OS. The lowest BCUT2D eigenvalue weighted by molar-refractivity contribution is -0.0542. The predicted molar refractivity (Wildman–Crippen MR) is 74.3 cm³/mol. The molecule has 18 heavy (non-hydrogen) atoms. The van der Waals surface area contributed by atoms with Crippen molar-refractivity contribution in [2.75, 3.05) is 5.73 Å². The summed E-state index contributed by atoms with van der Waals surface area (Å²) >= 11 is 1.53. The van der Waals surface area contributed by atoms with Gasteiger partial charge < -0.3 is 10.5 Å². The van der Waals surface area contributed by atoms with Crippen molar-refractivity contribution in [2.45, 2.75) is 52.7 Å². The fourth-order valence-corrected chi connectivity index (χ4v) is 4.56. The number of nitrogens with two attached hydrogens (primary N) is 1. The van der Waals surface area contributed by atoms with Gasteiger partial charge in [0.1, 0.15) is 0 Å². The van der Waals surface area contributed by atoms with Crippen molar-refractivity contribution in [1.29, 1.82) is 0 Å². The molecule has 100 valence electrons. The van der Waals surface area contributed by atoms with E-state index in [-0.39, 0.29) is 0 Å². The number of rotatable bonds is 3. The molecule has 2 aliphatic carbocycles. The Hall–Kier alpha value is -0.610. The van der Waals surface area contributed by atoms with Gasteiger partial charge in [0.25, 0.3) is 0 Å². The average molecular weight is 266 g/mol. The Morgan fingerprint density at radius 3 is 2.78 bits per heavy atom. The van der Waals surface area contributed by atoms with Gasteiger partial charge in [-0.15, -0.1) is 0 Å². The summed E-state index contributed by atoms with van der Waals surface area (Å²) < 4.78 is 6.19. The molecule has 1 heterocycles. The van der Waals surface area contributed by atoms with Crippen molar-refractivity contribution >= 4 is 16.5 Å². The summed E-state index contributed by atoms with van der Waals surface area (Å²) in [7, 11) is 0. The first-order chi connectivity index (χ1) is 8.43. The van der Waals surface area contributed by atoms with Crippen LogP contribution in [-0.2, 0) is 11.3 Å². The number of hydrogen-bond donors (Lipinski definition) is 1. The van der Waals surface area contributed by atoms with Crippen LogP contribution in [0.5, 0.6) is 0 Å².